The normalized spacial score (nSPS) is 14.4. The van der Waals surface area contributed by atoms with Crippen LogP contribution in [0.5, 0.6) is 0 Å². The fraction of sp³-hybridized carbons (Fsp3) is 0.292. The van der Waals surface area contributed by atoms with Crippen molar-refractivity contribution in [2.24, 2.45) is 0 Å². The van der Waals surface area contributed by atoms with Gasteiger partial charge in [-0.1, -0.05) is 54.1 Å². The molecule has 0 atom stereocenters. The molecule has 0 N–H and O–H groups in total. The molecule has 0 spiro atoms. The monoisotopic (exact) mass is 423 g/mol. The second-order valence-corrected chi connectivity index (χ2v) is 8.06. The Morgan fingerprint density at radius 3 is 2.37 bits per heavy atom. The number of rotatable bonds is 6. The molecule has 6 heteroatoms. The van der Waals surface area contributed by atoms with E-state index in [1.165, 1.54) is 5.56 Å². The number of hydrogen-bond donors (Lipinski definition) is 0. The molecule has 0 saturated carbocycles. The van der Waals surface area contributed by atoms with Crippen LogP contribution in [0.1, 0.15) is 21.9 Å². The summed E-state index contributed by atoms with van der Waals surface area (Å²) in [6, 6.07) is 21.8. The smallest absolute Gasteiger partial charge is 0.289 e. The average molecular weight is 424 g/mol. The summed E-state index contributed by atoms with van der Waals surface area (Å²) >= 11 is 6.31. The van der Waals surface area contributed by atoms with Crippen LogP contribution in [0.25, 0.3) is 0 Å². The van der Waals surface area contributed by atoms with Gasteiger partial charge in [0.05, 0.1) is 17.3 Å². The van der Waals surface area contributed by atoms with E-state index >= 15 is 0 Å². The number of amides is 1. The van der Waals surface area contributed by atoms with Gasteiger partial charge in [0.15, 0.2) is 5.76 Å². The lowest BCUT2D eigenvalue weighted by Crippen LogP contribution is -2.48. The second-order valence-electron chi connectivity index (χ2n) is 7.65. The second kappa shape index (κ2) is 9.37. The molecule has 1 aromatic heterocycles. The molecule has 3 aromatic rings. The SMILES string of the molecule is CN(Cc1ccccc1)Cc1ccc(C(=O)N2CCN(c3ccccc3Cl)CC2)o1. The van der Waals surface area contributed by atoms with Crippen molar-refractivity contribution >= 4 is 23.2 Å². The van der Waals surface area contributed by atoms with Gasteiger partial charge in [-0.3, -0.25) is 9.69 Å². The van der Waals surface area contributed by atoms with Gasteiger partial charge in [0.2, 0.25) is 0 Å². The van der Waals surface area contributed by atoms with E-state index in [9.17, 15) is 4.79 Å². The van der Waals surface area contributed by atoms with E-state index in [-0.39, 0.29) is 5.91 Å². The molecule has 2 heterocycles. The Hall–Kier alpha value is -2.76. The fourth-order valence-corrected chi connectivity index (χ4v) is 4.06. The first-order valence-electron chi connectivity index (χ1n) is 10.2. The zero-order chi connectivity index (χ0) is 20.9. The minimum Gasteiger partial charge on any atom is -0.455 e. The summed E-state index contributed by atoms with van der Waals surface area (Å²) in [5, 5.41) is 0.743. The zero-order valence-electron chi connectivity index (χ0n) is 17.1. The molecule has 1 saturated heterocycles. The number of nitrogens with zero attached hydrogens (tertiary/aromatic N) is 3. The van der Waals surface area contributed by atoms with Crippen molar-refractivity contribution in [1.29, 1.82) is 0 Å². The minimum atomic E-state index is -0.0502. The molecule has 156 valence electrons. The largest absolute Gasteiger partial charge is 0.455 e. The van der Waals surface area contributed by atoms with Crippen LogP contribution in [0.2, 0.25) is 5.02 Å². The van der Waals surface area contributed by atoms with Crippen LogP contribution in [0.3, 0.4) is 0 Å². The number of furan rings is 1. The van der Waals surface area contributed by atoms with Crippen molar-refractivity contribution in [2.45, 2.75) is 13.1 Å². The van der Waals surface area contributed by atoms with Crippen molar-refractivity contribution in [2.75, 3.05) is 38.1 Å². The van der Waals surface area contributed by atoms with E-state index in [4.69, 9.17) is 16.0 Å². The Bertz CT molecular complexity index is 981. The van der Waals surface area contributed by atoms with Gasteiger partial charge in [-0.25, -0.2) is 0 Å². The number of carbonyl (C=O) groups excluding carboxylic acids is 1. The maximum absolute atomic E-state index is 12.9. The Morgan fingerprint density at radius 2 is 1.63 bits per heavy atom. The lowest BCUT2D eigenvalue weighted by atomic mass is 10.2. The highest BCUT2D eigenvalue weighted by molar-refractivity contribution is 6.33. The number of halogens is 1. The number of anilines is 1. The van der Waals surface area contributed by atoms with Crippen molar-refractivity contribution in [1.82, 2.24) is 9.80 Å². The van der Waals surface area contributed by atoms with Crippen molar-refractivity contribution in [3.8, 4) is 0 Å². The van der Waals surface area contributed by atoms with Gasteiger partial charge in [-0.05, 0) is 36.9 Å². The van der Waals surface area contributed by atoms with E-state index in [2.05, 4.69) is 21.9 Å². The van der Waals surface area contributed by atoms with Gasteiger partial charge in [0.25, 0.3) is 5.91 Å². The van der Waals surface area contributed by atoms with Crippen molar-refractivity contribution < 1.29 is 9.21 Å². The van der Waals surface area contributed by atoms with Crippen LogP contribution in [-0.2, 0) is 13.1 Å². The predicted molar refractivity (Wildman–Crippen MR) is 120 cm³/mol. The van der Waals surface area contributed by atoms with Crippen molar-refractivity contribution in [3.63, 3.8) is 0 Å². The van der Waals surface area contributed by atoms with Crippen LogP contribution in [0.4, 0.5) is 5.69 Å². The summed E-state index contributed by atoms with van der Waals surface area (Å²) in [6.45, 7) is 4.28. The van der Waals surface area contributed by atoms with Gasteiger partial charge >= 0.3 is 0 Å². The minimum absolute atomic E-state index is 0.0502. The Morgan fingerprint density at radius 1 is 0.933 bits per heavy atom. The molecule has 4 rings (SSSR count). The van der Waals surface area contributed by atoms with Crippen LogP contribution in [0, 0.1) is 0 Å². The lowest BCUT2D eigenvalue weighted by molar-refractivity contribution is 0.0711. The highest BCUT2D eigenvalue weighted by atomic mass is 35.5. The molecule has 0 radical (unpaired) electrons. The molecule has 1 aliphatic rings. The Kier molecular flexibility index (Phi) is 6.41. The predicted octanol–water partition coefficient (Wildman–Crippen LogP) is 4.53. The van der Waals surface area contributed by atoms with Gasteiger partial charge in [-0.15, -0.1) is 0 Å². The van der Waals surface area contributed by atoms with E-state index in [1.54, 1.807) is 6.07 Å². The number of carbonyl (C=O) groups is 1. The first kappa shape index (κ1) is 20.5. The van der Waals surface area contributed by atoms with E-state index in [0.717, 1.165) is 36.1 Å². The standard InChI is InChI=1S/C24H26ClN3O2/c1-26(17-19-7-3-2-4-8-19)18-20-11-12-23(30-20)24(29)28-15-13-27(14-16-28)22-10-6-5-9-21(22)25/h2-12H,13-18H2,1H3. The number of piperazine rings is 1. The summed E-state index contributed by atoms with van der Waals surface area (Å²) in [4.78, 5) is 19.1. The van der Waals surface area contributed by atoms with Gasteiger partial charge in [-0.2, -0.15) is 0 Å². The van der Waals surface area contributed by atoms with Crippen LogP contribution < -0.4 is 4.90 Å². The Balaban J connectivity index is 1.31. The molecule has 30 heavy (non-hydrogen) atoms. The van der Waals surface area contributed by atoms with Gasteiger partial charge < -0.3 is 14.2 Å². The quantitative estimate of drug-likeness (QED) is 0.584. The highest BCUT2D eigenvalue weighted by Crippen LogP contribution is 2.26. The summed E-state index contributed by atoms with van der Waals surface area (Å²) < 4.78 is 5.87. The molecule has 0 unspecified atom stereocenters. The third-order valence-corrected chi connectivity index (χ3v) is 5.67. The maximum Gasteiger partial charge on any atom is 0.289 e. The number of hydrogen-bond acceptors (Lipinski definition) is 4. The lowest BCUT2D eigenvalue weighted by Gasteiger charge is -2.36. The summed E-state index contributed by atoms with van der Waals surface area (Å²) in [6.07, 6.45) is 0. The van der Waals surface area contributed by atoms with E-state index in [1.807, 2.05) is 60.5 Å². The van der Waals surface area contributed by atoms with Gasteiger partial charge in [0, 0.05) is 32.7 Å². The molecule has 0 aliphatic carbocycles. The molecule has 2 aromatic carbocycles. The van der Waals surface area contributed by atoms with E-state index in [0.29, 0.717) is 25.4 Å². The summed E-state index contributed by atoms with van der Waals surface area (Å²) in [7, 11) is 2.05. The van der Waals surface area contributed by atoms with Gasteiger partial charge in [0.1, 0.15) is 5.76 Å². The summed E-state index contributed by atoms with van der Waals surface area (Å²) in [5.41, 5.74) is 2.27. The molecule has 1 fully saturated rings. The fourth-order valence-electron chi connectivity index (χ4n) is 3.81. The van der Waals surface area contributed by atoms with Crippen molar-refractivity contribution in [3.05, 3.63) is 88.8 Å². The van der Waals surface area contributed by atoms with Crippen LogP contribution >= 0.6 is 11.6 Å². The maximum atomic E-state index is 12.9. The van der Waals surface area contributed by atoms with E-state index < -0.39 is 0 Å². The number of para-hydroxylation sites is 1. The number of benzene rings is 2. The molecule has 1 aliphatic heterocycles. The molecule has 0 bridgehead atoms. The molecular weight excluding hydrogens is 398 g/mol. The molecule has 5 nitrogen and oxygen atoms in total. The summed E-state index contributed by atoms with van der Waals surface area (Å²) in [5.74, 6) is 1.15. The topological polar surface area (TPSA) is 39.9 Å². The first-order valence-corrected chi connectivity index (χ1v) is 10.6. The zero-order valence-corrected chi connectivity index (χ0v) is 17.9. The van der Waals surface area contributed by atoms with Crippen LogP contribution in [0.15, 0.2) is 71.1 Å². The third-order valence-electron chi connectivity index (χ3n) is 5.35. The molecular formula is C24H26ClN3O2. The first-order chi connectivity index (χ1) is 14.6. The molecule has 1 amide bonds. The average Bonchev–Trinajstić information content (AvgIpc) is 3.23. The highest BCUT2D eigenvalue weighted by Gasteiger charge is 2.25. The van der Waals surface area contributed by atoms with Crippen LogP contribution in [-0.4, -0.2) is 48.9 Å². The Labute approximate surface area is 182 Å². The third kappa shape index (κ3) is 4.86.